The Morgan fingerprint density at radius 3 is 3.06 bits per heavy atom. The Kier molecular flexibility index (Phi) is 3.75. The van der Waals surface area contributed by atoms with Crippen LogP contribution in [0.25, 0.3) is 0 Å². The van der Waals surface area contributed by atoms with E-state index in [1.165, 1.54) is 11.1 Å². The quantitative estimate of drug-likeness (QED) is 0.256. The first kappa shape index (κ1) is 11.6. The number of hydrogen-bond donors (Lipinski definition) is 0. The van der Waals surface area contributed by atoms with E-state index in [1.807, 2.05) is 6.07 Å². The van der Waals surface area contributed by atoms with Crippen LogP contribution in [0, 0.1) is 16.7 Å². The second kappa shape index (κ2) is 5.48. The van der Waals surface area contributed by atoms with Crippen LogP contribution >= 0.6 is 0 Å². The van der Waals surface area contributed by atoms with Crippen molar-refractivity contribution in [1.29, 1.82) is 0 Å². The van der Waals surface area contributed by atoms with Crippen LogP contribution in [0.1, 0.15) is 24.0 Å². The molecule has 0 fully saturated rings. The van der Waals surface area contributed by atoms with E-state index in [0.717, 1.165) is 19.4 Å². The Morgan fingerprint density at radius 2 is 2.24 bits per heavy atom. The van der Waals surface area contributed by atoms with Gasteiger partial charge in [0.2, 0.25) is 6.54 Å². The van der Waals surface area contributed by atoms with Crippen LogP contribution < -0.4 is 0 Å². The van der Waals surface area contributed by atoms with Crippen molar-refractivity contribution in [1.82, 2.24) is 0 Å². The summed E-state index contributed by atoms with van der Waals surface area (Å²) in [5.41, 5.74) is 2.63. The highest BCUT2D eigenvalue weighted by Gasteiger charge is 2.08. The number of unbranched alkanes of at least 4 members (excludes halogenated alkanes) is 1. The Morgan fingerprint density at radius 1 is 1.41 bits per heavy atom. The van der Waals surface area contributed by atoms with Crippen molar-refractivity contribution < 1.29 is 9.50 Å². The maximum absolute atomic E-state index is 10.2. The van der Waals surface area contributed by atoms with Gasteiger partial charge in [-0.2, -0.15) is 0 Å². The predicted octanol–water partition coefficient (Wildman–Crippen LogP) is 1.89. The highest BCUT2D eigenvalue weighted by molar-refractivity contribution is 5.78. The number of nitro groups is 1. The molecule has 1 aliphatic rings. The topological polar surface area (TPSA) is 46.1 Å². The van der Waals surface area contributed by atoms with Gasteiger partial charge in [-0.05, 0) is 17.5 Å². The molecule has 4 nitrogen and oxygen atoms in total. The predicted molar refractivity (Wildman–Crippen MR) is 65.8 cm³/mol. The smallest absolute Gasteiger partial charge is 0.203 e. The Balaban J connectivity index is 1.87. The van der Waals surface area contributed by atoms with E-state index in [2.05, 4.69) is 35.5 Å². The van der Waals surface area contributed by atoms with Gasteiger partial charge in [0.1, 0.15) is 6.54 Å². The van der Waals surface area contributed by atoms with E-state index in [4.69, 9.17) is 0 Å². The average Bonchev–Trinajstić information content (AvgIpc) is 2.34. The van der Waals surface area contributed by atoms with Crippen LogP contribution in [0.15, 0.2) is 24.3 Å². The highest BCUT2D eigenvalue weighted by atomic mass is 16.6. The zero-order chi connectivity index (χ0) is 12.1. The molecule has 0 spiro atoms. The molecule has 1 aromatic rings. The third kappa shape index (κ3) is 3.31. The summed E-state index contributed by atoms with van der Waals surface area (Å²) >= 11 is 0. The second-order valence-corrected chi connectivity index (χ2v) is 4.20. The van der Waals surface area contributed by atoms with Gasteiger partial charge >= 0.3 is 0 Å². The molecule has 0 radical (unpaired) electrons. The van der Waals surface area contributed by atoms with E-state index >= 15 is 0 Å². The summed E-state index contributed by atoms with van der Waals surface area (Å²) in [5, 5.41) is 10.2. The van der Waals surface area contributed by atoms with Gasteiger partial charge < -0.3 is 4.58 Å². The molecular weight excluding hydrogens is 216 g/mol. The Labute approximate surface area is 101 Å². The summed E-state index contributed by atoms with van der Waals surface area (Å²) < 4.78 is 2.14. The molecule has 17 heavy (non-hydrogen) atoms. The lowest BCUT2D eigenvalue weighted by atomic mass is 10.0. The molecule has 2 rings (SSSR count). The normalized spacial score (nSPS) is 13.8. The molecule has 0 amide bonds. The Hall–Kier alpha value is -1.84. The largest absolute Gasteiger partial charge is 0.365 e. The van der Waals surface area contributed by atoms with Gasteiger partial charge in [0, 0.05) is 30.5 Å². The maximum atomic E-state index is 10.2. The van der Waals surface area contributed by atoms with Gasteiger partial charge in [0.15, 0.2) is 0 Å². The standard InChI is InChI=1S/C13H16N2O2/c16-15(17)9-4-3-8-14-10-7-12-5-1-2-6-13(12)11-14/h1-2,5-6,8,11H,3-4,7,9-10H2. The average molecular weight is 232 g/mol. The maximum Gasteiger partial charge on any atom is 0.203 e. The minimum Gasteiger partial charge on any atom is -0.365 e. The van der Waals surface area contributed by atoms with E-state index in [1.54, 1.807) is 0 Å². The number of benzene rings is 1. The van der Waals surface area contributed by atoms with Crippen molar-refractivity contribution in [2.24, 2.45) is 0 Å². The summed E-state index contributed by atoms with van der Waals surface area (Å²) in [6.07, 6.45) is 4.53. The molecular formula is C13H16N2O2. The number of hydrogen-bond acceptors (Lipinski definition) is 2. The molecule has 0 aromatic heterocycles. The zero-order valence-corrected chi connectivity index (χ0v) is 9.71. The summed E-state index contributed by atoms with van der Waals surface area (Å²) in [5.74, 6) is 0. The number of rotatable bonds is 5. The van der Waals surface area contributed by atoms with Crippen molar-refractivity contribution in [2.45, 2.75) is 19.3 Å². The van der Waals surface area contributed by atoms with Gasteiger partial charge in [0.05, 0.1) is 0 Å². The van der Waals surface area contributed by atoms with E-state index in [9.17, 15) is 10.1 Å². The van der Waals surface area contributed by atoms with Crippen LogP contribution in [0.5, 0.6) is 0 Å². The molecule has 0 saturated heterocycles. The fourth-order valence-electron chi connectivity index (χ4n) is 2.00. The lowest BCUT2D eigenvalue weighted by molar-refractivity contribution is -0.493. The first-order valence-electron chi connectivity index (χ1n) is 5.89. The summed E-state index contributed by atoms with van der Waals surface area (Å²) in [7, 11) is 0. The molecule has 0 aliphatic carbocycles. The molecule has 0 unspecified atom stereocenters. The summed E-state index contributed by atoms with van der Waals surface area (Å²) in [6, 6.07) is 8.34. The monoisotopic (exact) mass is 232 g/mol. The molecule has 1 aliphatic heterocycles. The van der Waals surface area contributed by atoms with E-state index in [-0.39, 0.29) is 11.5 Å². The van der Waals surface area contributed by atoms with Gasteiger partial charge in [0.25, 0.3) is 0 Å². The van der Waals surface area contributed by atoms with Crippen LogP contribution in [0.4, 0.5) is 0 Å². The first-order valence-corrected chi connectivity index (χ1v) is 5.89. The molecule has 4 heteroatoms. The second-order valence-electron chi connectivity index (χ2n) is 4.20. The van der Waals surface area contributed by atoms with Crippen molar-refractivity contribution in [3.05, 3.63) is 52.1 Å². The minimum absolute atomic E-state index is 0.0565. The fraction of sp³-hybridized carbons (Fsp3) is 0.385. The molecule has 1 aromatic carbocycles. The molecule has 0 atom stereocenters. The van der Waals surface area contributed by atoms with Gasteiger partial charge in [-0.25, -0.2) is 0 Å². The molecule has 0 saturated carbocycles. The van der Waals surface area contributed by atoms with Crippen LogP contribution in [0.2, 0.25) is 0 Å². The van der Waals surface area contributed by atoms with Crippen molar-refractivity contribution in [3.63, 3.8) is 0 Å². The SMILES string of the molecule is O=[N+]([O-])CCC[CH-][N+]1=Cc2ccccc2CC1. The lowest BCUT2D eigenvalue weighted by Crippen LogP contribution is -2.20. The lowest BCUT2D eigenvalue weighted by Gasteiger charge is -2.18. The number of fused-ring (bicyclic) bond motifs is 1. The Bertz CT molecular complexity index is 441. The molecule has 0 N–H and O–H groups in total. The third-order valence-electron chi connectivity index (χ3n) is 2.91. The van der Waals surface area contributed by atoms with E-state index in [0.29, 0.717) is 6.42 Å². The molecule has 90 valence electrons. The van der Waals surface area contributed by atoms with Crippen LogP contribution in [-0.2, 0) is 6.42 Å². The van der Waals surface area contributed by atoms with Crippen molar-refractivity contribution >= 4 is 6.21 Å². The molecule has 0 bridgehead atoms. The third-order valence-corrected chi connectivity index (χ3v) is 2.91. The van der Waals surface area contributed by atoms with Crippen molar-refractivity contribution in [2.75, 3.05) is 13.1 Å². The highest BCUT2D eigenvalue weighted by Crippen LogP contribution is 2.12. The first-order chi connectivity index (χ1) is 8.25. The number of nitrogens with zero attached hydrogens (tertiary/aromatic N) is 2. The fourth-order valence-corrected chi connectivity index (χ4v) is 2.00. The summed E-state index contributed by atoms with van der Waals surface area (Å²) in [4.78, 5) is 9.92. The molecule has 1 heterocycles. The van der Waals surface area contributed by atoms with Gasteiger partial charge in [-0.3, -0.25) is 10.1 Å². The van der Waals surface area contributed by atoms with Crippen molar-refractivity contribution in [3.8, 4) is 0 Å². The van der Waals surface area contributed by atoms with E-state index < -0.39 is 0 Å². The van der Waals surface area contributed by atoms with Gasteiger partial charge in [-0.15, -0.1) is 0 Å². The summed E-state index contributed by atoms with van der Waals surface area (Å²) in [6.45, 7) is 3.08. The van der Waals surface area contributed by atoms with Crippen LogP contribution in [-0.4, -0.2) is 28.8 Å². The van der Waals surface area contributed by atoms with Crippen LogP contribution in [0.3, 0.4) is 0 Å². The van der Waals surface area contributed by atoms with Gasteiger partial charge in [-0.1, -0.05) is 24.3 Å². The zero-order valence-electron chi connectivity index (χ0n) is 9.71. The minimum atomic E-state index is -0.261.